The van der Waals surface area contributed by atoms with Crippen LogP contribution >= 0.6 is 22.9 Å². The maximum atomic E-state index is 6.14. The molecule has 0 aliphatic rings. The summed E-state index contributed by atoms with van der Waals surface area (Å²) in [5, 5.41) is 7.84. The molecule has 0 N–H and O–H groups in total. The Morgan fingerprint density at radius 1 is 1.50 bits per heavy atom. The summed E-state index contributed by atoms with van der Waals surface area (Å²) in [6, 6.07) is 0. The molecule has 5 heteroatoms. The molecule has 2 rings (SSSR count). The summed E-state index contributed by atoms with van der Waals surface area (Å²) in [7, 11) is 0. The predicted molar refractivity (Wildman–Crippen MR) is 65.9 cm³/mol. The molecule has 2 aromatic heterocycles. The maximum absolute atomic E-state index is 6.14. The monoisotopic (exact) mass is 256 g/mol. The van der Waals surface area contributed by atoms with Crippen molar-refractivity contribution >= 4 is 22.9 Å². The summed E-state index contributed by atoms with van der Waals surface area (Å²) >= 11 is 7.77. The molecule has 0 aliphatic carbocycles. The van der Waals surface area contributed by atoms with Crippen molar-refractivity contribution in [1.82, 2.24) is 10.1 Å². The highest BCUT2D eigenvalue weighted by molar-refractivity contribution is 7.08. The third kappa shape index (κ3) is 2.28. The fraction of sp³-hybridized carbons (Fsp3) is 0.455. The minimum Gasteiger partial charge on any atom is -0.334 e. The average molecular weight is 257 g/mol. The third-order valence-electron chi connectivity index (χ3n) is 2.35. The molecule has 3 nitrogen and oxygen atoms in total. The van der Waals surface area contributed by atoms with Gasteiger partial charge in [0.2, 0.25) is 0 Å². The van der Waals surface area contributed by atoms with Crippen LogP contribution in [0.1, 0.15) is 36.5 Å². The van der Waals surface area contributed by atoms with E-state index in [0.29, 0.717) is 11.7 Å². The second kappa shape index (κ2) is 4.97. The number of rotatable bonds is 4. The first-order chi connectivity index (χ1) is 7.72. The van der Waals surface area contributed by atoms with Gasteiger partial charge in [0.15, 0.2) is 5.82 Å². The molecule has 0 spiro atoms. The van der Waals surface area contributed by atoms with Crippen LogP contribution < -0.4 is 0 Å². The van der Waals surface area contributed by atoms with Crippen molar-refractivity contribution in [2.45, 2.75) is 32.1 Å². The van der Waals surface area contributed by atoms with Gasteiger partial charge in [0.05, 0.1) is 10.9 Å². The van der Waals surface area contributed by atoms with E-state index in [1.54, 1.807) is 11.3 Å². The minimum absolute atomic E-state index is 0.151. The van der Waals surface area contributed by atoms with Crippen molar-refractivity contribution in [1.29, 1.82) is 0 Å². The SMILES string of the molecule is CCCC(Cl)c1noc(-c2cscc2C)n1. The van der Waals surface area contributed by atoms with Crippen LogP contribution in [0.5, 0.6) is 0 Å². The fourth-order valence-electron chi connectivity index (χ4n) is 1.43. The number of hydrogen-bond donors (Lipinski definition) is 0. The van der Waals surface area contributed by atoms with Crippen LogP contribution in [0.2, 0.25) is 0 Å². The number of hydrogen-bond acceptors (Lipinski definition) is 4. The van der Waals surface area contributed by atoms with E-state index in [1.807, 2.05) is 12.3 Å². The highest BCUT2D eigenvalue weighted by atomic mass is 35.5. The molecule has 0 bridgehead atoms. The second-order valence-corrected chi connectivity index (χ2v) is 4.95. The van der Waals surface area contributed by atoms with Gasteiger partial charge in [0, 0.05) is 5.38 Å². The lowest BCUT2D eigenvalue weighted by Gasteiger charge is -1.99. The molecule has 0 amide bonds. The number of thiophene rings is 1. The first-order valence-corrected chi connectivity index (χ1v) is 6.61. The summed E-state index contributed by atoms with van der Waals surface area (Å²) in [5.74, 6) is 1.15. The summed E-state index contributed by atoms with van der Waals surface area (Å²) in [5.41, 5.74) is 2.16. The lowest BCUT2D eigenvalue weighted by atomic mass is 10.2. The van der Waals surface area contributed by atoms with Gasteiger partial charge in [-0.05, 0) is 24.3 Å². The first kappa shape index (κ1) is 11.6. The molecule has 0 saturated heterocycles. The molecule has 2 heterocycles. The van der Waals surface area contributed by atoms with Crippen LogP contribution in [-0.4, -0.2) is 10.1 Å². The van der Waals surface area contributed by atoms with Crippen molar-refractivity contribution in [3.05, 3.63) is 22.1 Å². The smallest absolute Gasteiger partial charge is 0.259 e. The highest BCUT2D eigenvalue weighted by Gasteiger charge is 2.17. The van der Waals surface area contributed by atoms with Gasteiger partial charge >= 0.3 is 0 Å². The molecular formula is C11H13ClN2OS. The van der Waals surface area contributed by atoms with Crippen LogP contribution in [0, 0.1) is 6.92 Å². The molecule has 2 aromatic rings. The fourth-order valence-corrected chi connectivity index (χ4v) is 2.56. The lowest BCUT2D eigenvalue weighted by molar-refractivity contribution is 0.420. The molecule has 0 saturated carbocycles. The zero-order valence-corrected chi connectivity index (χ0v) is 10.8. The Hall–Kier alpha value is -0.870. The van der Waals surface area contributed by atoms with E-state index in [2.05, 4.69) is 22.4 Å². The number of aromatic nitrogens is 2. The topological polar surface area (TPSA) is 38.9 Å². The van der Waals surface area contributed by atoms with E-state index >= 15 is 0 Å². The van der Waals surface area contributed by atoms with Crippen molar-refractivity contribution in [3.63, 3.8) is 0 Å². The van der Waals surface area contributed by atoms with Gasteiger partial charge in [-0.25, -0.2) is 0 Å². The summed E-state index contributed by atoms with van der Waals surface area (Å²) in [6.45, 7) is 4.11. The largest absolute Gasteiger partial charge is 0.334 e. The average Bonchev–Trinajstić information content (AvgIpc) is 2.86. The maximum Gasteiger partial charge on any atom is 0.259 e. The van der Waals surface area contributed by atoms with E-state index in [9.17, 15) is 0 Å². The third-order valence-corrected chi connectivity index (χ3v) is 3.62. The quantitative estimate of drug-likeness (QED) is 0.770. The zero-order valence-electron chi connectivity index (χ0n) is 9.24. The molecule has 16 heavy (non-hydrogen) atoms. The standard InChI is InChI=1S/C11H13ClN2OS/c1-3-4-9(12)10-13-11(15-14-10)8-6-16-5-7(8)2/h5-6,9H,3-4H2,1-2H3. The predicted octanol–water partition coefficient (Wildman–Crippen LogP) is 4.19. The van der Waals surface area contributed by atoms with E-state index < -0.39 is 0 Å². The van der Waals surface area contributed by atoms with E-state index in [-0.39, 0.29) is 5.38 Å². The van der Waals surface area contributed by atoms with Crippen LogP contribution in [0.25, 0.3) is 11.5 Å². The molecular weight excluding hydrogens is 244 g/mol. The number of alkyl halides is 1. The van der Waals surface area contributed by atoms with Crippen molar-refractivity contribution in [2.24, 2.45) is 0 Å². The van der Waals surface area contributed by atoms with Gasteiger partial charge < -0.3 is 4.52 Å². The van der Waals surface area contributed by atoms with Crippen LogP contribution in [0.4, 0.5) is 0 Å². The second-order valence-electron chi connectivity index (χ2n) is 3.68. The Bertz CT molecular complexity index is 466. The van der Waals surface area contributed by atoms with Gasteiger partial charge in [-0.15, -0.1) is 11.6 Å². The van der Waals surface area contributed by atoms with Crippen molar-refractivity contribution in [2.75, 3.05) is 0 Å². The number of halogens is 1. The van der Waals surface area contributed by atoms with Crippen molar-refractivity contribution in [3.8, 4) is 11.5 Å². The summed E-state index contributed by atoms with van der Waals surface area (Å²) < 4.78 is 5.22. The minimum atomic E-state index is -0.151. The van der Waals surface area contributed by atoms with Crippen LogP contribution in [-0.2, 0) is 0 Å². The molecule has 0 fully saturated rings. The first-order valence-electron chi connectivity index (χ1n) is 5.23. The van der Waals surface area contributed by atoms with E-state index in [1.165, 1.54) is 0 Å². The zero-order chi connectivity index (χ0) is 11.5. The Morgan fingerprint density at radius 3 is 2.94 bits per heavy atom. The molecule has 1 unspecified atom stereocenters. The Morgan fingerprint density at radius 2 is 2.31 bits per heavy atom. The normalized spacial score (nSPS) is 12.9. The van der Waals surface area contributed by atoms with E-state index in [0.717, 1.165) is 24.0 Å². The highest BCUT2D eigenvalue weighted by Crippen LogP contribution is 2.28. The number of aryl methyl sites for hydroxylation is 1. The van der Waals surface area contributed by atoms with Gasteiger partial charge in [0.25, 0.3) is 5.89 Å². The van der Waals surface area contributed by atoms with E-state index in [4.69, 9.17) is 16.1 Å². The van der Waals surface area contributed by atoms with Gasteiger partial charge in [0.1, 0.15) is 0 Å². The lowest BCUT2D eigenvalue weighted by Crippen LogP contribution is -1.92. The number of nitrogens with zero attached hydrogens (tertiary/aromatic N) is 2. The van der Waals surface area contributed by atoms with Crippen molar-refractivity contribution < 1.29 is 4.52 Å². The Kier molecular flexibility index (Phi) is 3.61. The van der Waals surface area contributed by atoms with Crippen LogP contribution in [0.15, 0.2) is 15.3 Å². The molecule has 0 aliphatic heterocycles. The Balaban J connectivity index is 2.23. The van der Waals surface area contributed by atoms with Gasteiger partial charge in [-0.1, -0.05) is 18.5 Å². The van der Waals surface area contributed by atoms with Gasteiger partial charge in [-0.3, -0.25) is 0 Å². The Labute approximate surface area is 103 Å². The molecule has 0 radical (unpaired) electrons. The molecule has 1 atom stereocenters. The van der Waals surface area contributed by atoms with Crippen LogP contribution in [0.3, 0.4) is 0 Å². The van der Waals surface area contributed by atoms with Gasteiger partial charge in [-0.2, -0.15) is 16.3 Å². The summed E-state index contributed by atoms with van der Waals surface area (Å²) in [4.78, 5) is 4.33. The molecule has 0 aromatic carbocycles. The summed E-state index contributed by atoms with van der Waals surface area (Å²) in [6.07, 6.45) is 1.87. The molecule has 86 valence electrons.